The molecular formula is C19H21NO4. The molecule has 5 nitrogen and oxygen atoms in total. The molecule has 2 aliphatic heterocycles. The summed E-state index contributed by atoms with van der Waals surface area (Å²) in [5, 5.41) is 10.1. The van der Waals surface area contributed by atoms with Gasteiger partial charge in [0.15, 0.2) is 0 Å². The first kappa shape index (κ1) is 15.3. The number of rotatable bonds is 2. The minimum atomic E-state index is -0.434. The van der Waals surface area contributed by atoms with Crippen molar-refractivity contribution in [3.8, 4) is 5.75 Å². The average Bonchev–Trinajstić information content (AvgIpc) is 3.15. The standard InChI is InChI=1S/C19H21NO4/c1-12-7-15(13(2)24-12)18(22)20-8-16-14-5-3-4-6-17(14)23-11-19(16,9-20)10-21/h3-7,16,21H,8-11H2,1-2H3/t16-,19-/m1/s1. The zero-order valence-corrected chi connectivity index (χ0v) is 13.9. The van der Waals surface area contributed by atoms with Crippen LogP contribution in [0.5, 0.6) is 5.75 Å². The van der Waals surface area contributed by atoms with Crippen molar-refractivity contribution in [2.24, 2.45) is 5.41 Å². The highest BCUT2D eigenvalue weighted by atomic mass is 16.5. The summed E-state index contributed by atoms with van der Waals surface area (Å²) in [5.41, 5.74) is 1.25. The fraction of sp³-hybridized carbons (Fsp3) is 0.421. The third-order valence-corrected chi connectivity index (χ3v) is 5.33. The van der Waals surface area contributed by atoms with E-state index in [9.17, 15) is 9.90 Å². The number of fused-ring (bicyclic) bond motifs is 3. The molecule has 0 saturated carbocycles. The summed E-state index contributed by atoms with van der Waals surface area (Å²) in [6.07, 6.45) is 0. The molecule has 2 aliphatic rings. The highest BCUT2D eigenvalue weighted by molar-refractivity contribution is 5.95. The summed E-state index contributed by atoms with van der Waals surface area (Å²) < 4.78 is 11.4. The second kappa shape index (κ2) is 5.38. The summed E-state index contributed by atoms with van der Waals surface area (Å²) in [6.45, 7) is 5.16. The summed E-state index contributed by atoms with van der Waals surface area (Å²) >= 11 is 0. The van der Waals surface area contributed by atoms with Gasteiger partial charge in [-0.05, 0) is 31.5 Å². The third-order valence-electron chi connectivity index (χ3n) is 5.33. The second-order valence-electron chi connectivity index (χ2n) is 6.91. The average molecular weight is 327 g/mol. The van der Waals surface area contributed by atoms with Gasteiger partial charge in [-0.25, -0.2) is 0 Å². The number of aryl methyl sites for hydroxylation is 2. The Morgan fingerprint density at radius 2 is 2.17 bits per heavy atom. The Morgan fingerprint density at radius 1 is 1.38 bits per heavy atom. The Balaban J connectivity index is 1.68. The number of hydrogen-bond acceptors (Lipinski definition) is 4. The number of ether oxygens (including phenoxy) is 1. The number of furan rings is 1. The maximum absolute atomic E-state index is 12.9. The minimum Gasteiger partial charge on any atom is -0.493 e. The molecule has 0 spiro atoms. The maximum atomic E-state index is 12.9. The van der Waals surface area contributed by atoms with E-state index in [4.69, 9.17) is 9.15 Å². The van der Waals surface area contributed by atoms with E-state index in [1.165, 1.54) is 0 Å². The second-order valence-corrected chi connectivity index (χ2v) is 6.91. The minimum absolute atomic E-state index is 0.000816. The predicted octanol–water partition coefficient (Wildman–Crippen LogP) is 2.51. The molecule has 1 N–H and O–H groups in total. The maximum Gasteiger partial charge on any atom is 0.257 e. The normalized spacial score (nSPS) is 25.1. The predicted molar refractivity (Wildman–Crippen MR) is 88.3 cm³/mol. The Kier molecular flexibility index (Phi) is 3.42. The summed E-state index contributed by atoms with van der Waals surface area (Å²) in [7, 11) is 0. The van der Waals surface area contributed by atoms with Gasteiger partial charge in [0.25, 0.3) is 5.91 Å². The van der Waals surface area contributed by atoms with Crippen molar-refractivity contribution in [1.29, 1.82) is 0 Å². The molecule has 0 bridgehead atoms. The first-order valence-corrected chi connectivity index (χ1v) is 8.23. The number of carbonyl (C=O) groups is 1. The molecule has 24 heavy (non-hydrogen) atoms. The van der Waals surface area contributed by atoms with Gasteiger partial charge in [-0.2, -0.15) is 0 Å². The van der Waals surface area contributed by atoms with Crippen LogP contribution in [0.1, 0.15) is 33.4 Å². The van der Waals surface area contributed by atoms with Crippen molar-refractivity contribution in [1.82, 2.24) is 4.90 Å². The van der Waals surface area contributed by atoms with Crippen LogP contribution in [0.25, 0.3) is 0 Å². The van der Waals surface area contributed by atoms with Crippen LogP contribution >= 0.6 is 0 Å². The zero-order chi connectivity index (χ0) is 16.9. The van der Waals surface area contributed by atoms with Crippen LogP contribution in [-0.4, -0.2) is 42.2 Å². The molecule has 2 atom stereocenters. The van der Waals surface area contributed by atoms with Gasteiger partial charge >= 0.3 is 0 Å². The van der Waals surface area contributed by atoms with E-state index >= 15 is 0 Å². The van der Waals surface area contributed by atoms with Crippen molar-refractivity contribution in [2.45, 2.75) is 19.8 Å². The van der Waals surface area contributed by atoms with E-state index in [0.29, 0.717) is 31.0 Å². The van der Waals surface area contributed by atoms with Gasteiger partial charge in [0, 0.05) is 19.0 Å². The van der Waals surface area contributed by atoms with Gasteiger partial charge in [-0.1, -0.05) is 18.2 Å². The Bertz CT molecular complexity index is 796. The third kappa shape index (κ3) is 2.15. The van der Waals surface area contributed by atoms with Crippen molar-refractivity contribution < 1.29 is 19.1 Å². The quantitative estimate of drug-likeness (QED) is 0.920. The van der Waals surface area contributed by atoms with E-state index in [0.717, 1.165) is 17.1 Å². The molecule has 1 aromatic heterocycles. The summed E-state index contributed by atoms with van der Waals surface area (Å²) in [4.78, 5) is 14.8. The fourth-order valence-electron chi connectivity index (χ4n) is 4.04. The van der Waals surface area contributed by atoms with E-state index in [-0.39, 0.29) is 18.4 Å². The van der Waals surface area contributed by atoms with Crippen LogP contribution in [0.15, 0.2) is 34.7 Å². The summed E-state index contributed by atoms with van der Waals surface area (Å²) in [5.74, 6) is 2.28. The van der Waals surface area contributed by atoms with Crippen molar-refractivity contribution >= 4 is 5.91 Å². The highest BCUT2D eigenvalue weighted by Crippen LogP contribution is 2.49. The lowest BCUT2D eigenvalue weighted by molar-refractivity contribution is 0.0440. The molecule has 0 unspecified atom stereocenters. The number of likely N-dealkylation sites (tertiary alicyclic amines) is 1. The lowest BCUT2D eigenvalue weighted by Crippen LogP contribution is -2.42. The number of aliphatic hydroxyl groups is 1. The van der Waals surface area contributed by atoms with Gasteiger partial charge in [-0.3, -0.25) is 4.79 Å². The lowest BCUT2D eigenvalue weighted by Gasteiger charge is -2.37. The Morgan fingerprint density at radius 3 is 2.88 bits per heavy atom. The molecule has 1 fully saturated rings. The number of benzene rings is 1. The van der Waals surface area contributed by atoms with E-state index in [1.807, 2.05) is 43.0 Å². The monoisotopic (exact) mass is 327 g/mol. The number of nitrogens with zero attached hydrogens (tertiary/aromatic N) is 1. The molecule has 126 valence electrons. The number of carbonyl (C=O) groups excluding carboxylic acids is 1. The molecule has 0 aliphatic carbocycles. The van der Waals surface area contributed by atoms with Gasteiger partial charge < -0.3 is 19.2 Å². The van der Waals surface area contributed by atoms with Crippen LogP contribution in [0.3, 0.4) is 0 Å². The van der Waals surface area contributed by atoms with Crippen molar-refractivity contribution in [2.75, 3.05) is 26.3 Å². The van der Waals surface area contributed by atoms with Crippen LogP contribution < -0.4 is 4.74 Å². The Hall–Kier alpha value is -2.27. The first-order valence-electron chi connectivity index (χ1n) is 8.23. The zero-order valence-electron chi connectivity index (χ0n) is 13.9. The SMILES string of the molecule is Cc1cc(C(=O)N2C[C@@H]3c4ccccc4OC[C@]3(CO)C2)c(C)o1. The lowest BCUT2D eigenvalue weighted by atomic mass is 9.74. The summed E-state index contributed by atoms with van der Waals surface area (Å²) in [6, 6.07) is 9.69. The molecule has 1 saturated heterocycles. The number of amides is 1. The van der Waals surface area contributed by atoms with Crippen molar-refractivity contribution in [3.05, 3.63) is 53.0 Å². The van der Waals surface area contributed by atoms with Crippen LogP contribution in [0, 0.1) is 19.3 Å². The van der Waals surface area contributed by atoms with Gasteiger partial charge in [0.2, 0.25) is 0 Å². The molecule has 4 rings (SSSR count). The van der Waals surface area contributed by atoms with E-state index in [2.05, 4.69) is 0 Å². The van der Waals surface area contributed by atoms with Crippen LogP contribution in [-0.2, 0) is 0 Å². The van der Waals surface area contributed by atoms with Gasteiger partial charge in [0.05, 0.1) is 24.2 Å². The van der Waals surface area contributed by atoms with E-state index in [1.54, 1.807) is 6.07 Å². The largest absolute Gasteiger partial charge is 0.493 e. The van der Waals surface area contributed by atoms with E-state index < -0.39 is 5.41 Å². The fourth-order valence-corrected chi connectivity index (χ4v) is 4.04. The topological polar surface area (TPSA) is 62.9 Å². The molecule has 5 heteroatoms. The molecule has 2 aromatic rings. The Labute approximate surface area is 140 Å². The molecule has 3 heterocycles. The molecule has 1 aromatic carbocycles. The number of hydrogen-bond donors (Lipinski definition) is 1. The molecule has 1 amide bonds. The smallest absolute Gasteiger partial charge is 0.257 e. The van der Waals surface area contributed by atoms with Crippen molar-refractivity contribution in [3.63, 3.8) is 0 Å². The van der Waals surface area contributed by atoms with Crippen LogP contribution in [0.2, 0.25) is 0 Å². The first-order chi connectivity index (χ1) is 11.5. The number of para-hydroxylation sites is 1. The van der Waals surface area contributed by atoms with Crippen LogP contribution in [0.4, 0.5) is 0 Å². The van der Waals surface area contributed by atoms with Gasteiger partial charge in [0.1, 0.15) is 17.3 Å². The molecular weight excluding hydrogens is 306 g/mol. The number of aliphatic hydroxyl groups excluding tert-OH is 1. The van der Waals surface area contributed by atoms with Gasteiger partial charge in [-0.15, -0.1) is 0 Å². The highest BCUT2D eigenvalue weighted by Gasteiger charge is 2.52. The molecule has 0 radical (unpaired) electrons.